The Hall–Kier alpha value is -0.610. The Kier molecular flexibility index (Phi) is 5.83. The molecule has 0 saturated carbocycles. The fourth-order valence-electron chi connectivity index (χ4n) is 1.14. The van der Waals surface area contributed by atoms with Crippen LogP contribution in [0.25, 0.3) is 0 Å². The Morgan fingerprint density at radius 1 is 1.47 bits per heavy atom. The number of methoxy groups -OCH3 is 1. The third kappa shape index (κ3) is 5.14. The van der Waals surface area contributed by atoms with E-state index in [0.29, 0.717) is 19.1 Å². The van der Waals surface area contributed by atoms with Gasteiger partial charge in [-0.2, -0.15) is 0 Å². The highest BCUT2D eigenvalue weighted by Gasteiger charge is 2.26. The Morgan fingerprint density at radius 3 is 2.33 bits per heavy atom. The number of hydrogen-bond acceptors (Lipinski definition) is 3. The van der Waals surface area contributed by atoms with E-state index in [1.165, 1.54) is 0 Å². The van der Waals surface area contributed by atoms with Crippen LogP contribution >= 0.6 is 0 Å². The molecule has 1 atom stereocenters. The van der Waals surface area contributed by atoms with Gasteiger partial charge < -0.3 is 15.8 Å². The van der Waals surface area contributed by atoms with Gasteiger partial charge in [-0.05, 0) is 19.8 Å². The predicted octanol–water partition coefficient (Wildman–Crippen LogP) is 0.759. The van der Waals surface area contributed by atoms with Crippen LogP contribution < -0.4 is 11.1 Å². The molecule has 0 aliphatic carbocycles. The van der Waals surface area contributed by atoms with E-state index in [-0.39, 0.29) is 11.9 Å². The highest BCUT2D eigenvalue weighted by Crippen LogP contribution is 2.13. The lowest BCUT2D eigenvalue weighted by Crippen LogP contribution is -2.47. The summed E-state index contributed by atoms with van der Waals surface area (Å²) in [5, 5.41) is 3.32. The Morgan fingerprint density at radius 2 is 2.00 bits per heavy atom. The number of hydrogen-bond donors (Lipinski definition) is 2. The van der Waals surface area contributed by atoms with E-state index in [1.807, 2.05) is 13.8 Å². The number of nitrogens with two attached hydrogens (primary N) is 1. The van der Waals surface area contributed by atoms with Gasteiger partial charge in [0.25, 0.3) is 0 Å². The normalized spacial score (nSPS) is 14.3. The van der Waals surface area contributed by atoms with Gasteiger partial charge in [0.05, 0.1) is 12.0 Å². The van der Waals surface area contributed by atoms with Gasteiger partial charge in [-0.1, -0.05) is 13.8 Å². The quantitative estimate of drug-likeness (QED) is 0.660. The van der Waals surface area contributed by atoms with E-state index in [1.54, 1.807) is 7.11 Å². The summed E-state index contributed by atoms with van der Waals surface area (Å²) in [6, 6.07) is 0.258. The Balaban J connectivity index is 4.15. The molecule has 0 radical (unpaired) electrons. The van der Waals surface area contributed by atoms with Crippen LogP contribution in [0.15, 0.2) is 0 Å². The lowest BCUT2D eigenvalue weighted by atomic mass is 9.91. The van der Waals surface area contributed by atoms with Gasteiger partial charge in [-0.25, -0.2) is 0 Å². The molecule has 0 aromatic rings. The molecule has 0 bridgehead atoms. The minimum absolute atomic E-state index is 0.258. The largest absolute Gasteiger partial charge is 0.383 e. The summed E-state index contributed by atoms with van der Waals surface area (Å²) in [5.74, 6) is 0.184. The van der Waals surface area contributed by atoms with Crippen molar-refractivity contribution in [2.75, 3.05) is 20.3 Å². The summed E-state index contributed by atoms with van der Waals surface area (Å²) in [7, 11) is 1.68. The number of carbonyl (C=O) groups excluding carboxylic acids is 1. The average Bonchev–Trinajstić information content (AvgIpc) is 2.11. The Labute approximate surface area is 92.6 Å². The molecule has 0 aromatic carbocycles. The molecule has 4 heteroatoms. The van der Waals surface area contributed by atoms with Gasteiger partial charge >= 0.3 is 0 Å². The second-order valence-electron chi connectivity index (χ2n) is 4.93. The molecule has 1 amide bonds. The van der Waals surface area contributed by atoms with E-state index in [9.17, 15) is 4.79 Å². The smallest absolute Gasteiger partial charge is 0.224 e. The minimum Gasteiger partial charge on any atom is -0.383 e. The van der Waals surface area contributed by atoms with Crippen molar-refractivity contribution in [3.63, 3.8) is 0 Å². The third-order valence-corrected chi connectivity index (χ3v) is 2.62. The van der Waals surface area contributed by atoms with Crippen LogP contribution in [0.2, 0.25) is 0 Å². The summed E-state index contributed by atoms with van der Waals surface area (Å²) >= 11 is 0. The maximum absolute atomic E-state index is 11.1. The van der Waals surface area contributed by atoms with Gasteiger partial charge in [-0.3, -0.25) is 4.79 Å². The van der Waals surface area contributed by atoms with Gasteiger partial charge in [0.15, 0.2) is 0 Å². The topological polar surface area (TPSA) is 64.3 Å². The van der Waals surface area contributed by atoms with Crippen LogP contribution in [0.1, 0.15) is 27.7 Å². The SMILES string of the molecule is COCC(NCC(C)(C)C(N)=O)C(C)C. The minimum atomic E-state index is -0.513. The van der Waals surface area contributed by atoms with Crippen molar-refractivity contribution in [3.05, 3.63) is 0 Å². The van der Waals surface area contributed by atoms with Crippen molar-refractivity contribution in [3.8, 4) is 0 Å². The number of nitrogens with one attached hydrogen (secondary N) is 1. The van der Waals surface area contributed by atoms with Gasteiger partial charge in [-0.15, -0.1) is 0 Å². The second-order valence-corrected chi connectivity index (χ2v) is 4.93. The van der Waals surface area contributed by atoms with Gasteiger partial charge in [0, 0.05) is 19.7 Å². The maximum Gasteiger partial charge on any atom is 0.224 e. The maximum atomic E-state index is 11.1. The lowest BCUT2D eigenvalue weighted by molar-refractivity contribution is -0.125. The molecular weight excluding hydrogens is 192 g/mol. The first-order valence-corrected chi connectivity index (χ1v) is 5.33. The highest BCUT2D eigenvalue weighted by atomic mass is 16.5. The van der Waals surface area contributed by atoms with E-state index in [2.05, 4.69) is 19.2 Å². The summed E-state index contributed by atoms with van der Waals surface area (Å²) in [5.41, 5.74) is 4.78. The molecule has 0 heterocycles. The molecule has 0 spiro atoms. The van der Waals surface area contributed by atoms with Crippen molar-refractivity contribution >= 4 is 5.91 Å². The average molecular weight is 216 g/mol. The predicted molar refractivity (Wildman–Crippen MR) is 61.5 cm³/mol. The van der Waals surface area contributed by atoms with Crippen molar-refractivity contribution in [1.29, 1.82) is 0 Å². The summed E-state index contributed by atoms with van der Waals surface area (Å²) in [4.78, 5) is 11.1. The first-order valence-electron chi connectivity index (χ1n) is 5.33. The van der Waals surface area contributed by atoms with Crippen LogP contribution in [0.4, 0.5) is 0 Å². The summed E-state index contributed by atoms with van der Waals surface area (Å²) < 4.78 is 5.11. The van der Waals surface area contributed by atoms with Crippen LogP contribution in [-0.4, -0.2) is 32.2 Å². The van der Waals surface area contributed by atoms with Gasteiger partial charge in [0.2, 0.25) is 5.91 Å². The number of rotatable bonds is 7. The number of carbonyl (C=O) groups is 1. The molecule has 0 aliphatic heterocycles. The molecule has 0 rings (SSSR count). The molecule has 0 fully saturated rings. The van der Waals surface area contributed by atoms with Gasteiger partial charge in [0.1, 0.15) is 0 Å². The summed E-state index contributed by atoms with van der Waals surface area (Å²) in [6.07, 6.45) is 0. The van der Waals surface area contributed by atoms with Crippen molar-refractivity contribution < 1.29 is 9.53 Å². The zero-order chi connectivity index (χ0) is 12.1. The van der Waals surface area contributed by atoms with Crippen LogP contribution in [0.3, 0.4) is 0 Å². The van der Waals surface area contributed by atoms with Crippen LogP contribution in [-0.2, 0) is 9.53 Å². The molecule has 0 aliphatic rings. The molecule has 15 heavy (non-hydrogen) atoms. The lowest BCUT2D eigenvalue weighted by Gasteiger charge is -2.27. The number of ether oxygens (including phenoxy) is 1. The Bertz CT molecular complexity index is 203. The molecule has 0 aromatic heterocycles. The second kappa shape index (κ2) is 6.08. The monoisotopic (exact) mass is 216 g/mol. The fraction of sp³-hybridized carbons (Fsp3) is 0.909. The van der Waals surface area contributed by atoms with E-state index in [4.69, 9.17) is 10.5 Å². The van der Waals surface area contributed by atoms with Crippen LogP contribution in [0.5, 0.6) is 0 Å². The van der Waals surface area contributed by atoms with E-state index in [0.717, 1.165) is 0 Å². The zero-order valence-corrected chi connectivity index (χ0v) is 10.5. The standard InChI is InChI=1S/C11H24N2O2/c1-8(2)9(6-15-5)13-7-11(3,4)10(12)14/h8-9,13H,6-7H2,1-5H3,(H2,12,14). The molecule has 0 saturated heterocycles. The molecule has 90 valence electrons. The summed E-state index contributed by atoms with van der Waals surface area (Å²) in [6.45, 7) is 9.14. The van der Waals surface area contributed by atoms with E-state index >= 15 is 0 Å². The van der Waals surface area contributed by atoms with Crippen LogP contribution in [0, 0.1) is 11.3 Å². The third-order valence-electron chi connectivity index (χ3n) is 2.62. The first-order chi connectivity index (χ1) is 6.81. The molecule has 4 nitrogen and oxygen atoms in total. The highest BCUT2D eigenvalue weighted by molar-refractivity contribution is 5.80. The first kappa shape index (κ1) is 14.4. The molecular formula is C11H24N2O2. The number of primary amides is 1. The van der Waals surface area contributed by atoms with Crippen molar-refractivity contribution in [2.24, 2.45) is 17.1 Å². The fourth-order valence-corrected chi connectivity index (χ4v) is 1.14. The molecule has 1 unspecified atom stereocenters. The molecule has 3 N–H and O–H groups in total. The van der Waals surface area contributed by atoms with E-state index < -0.39 is 5.41 Å². The van der Waals surface area contributed by atoms with Crippen molar-refractivity contribution in [1.82, 2.24) is 5.32 Å². The number of amides is 1. The van der Waals surface area contributed by atoms with Crippen molar-refractivity contribution in [2.45, 2.75) is 33.7 Å². The zero-order valence-electron chi connectivity index (χ0n) is 10.5.